The maximum absolute atomic E-state index is 11.3. The van der Waals surface area contributed by atoms with Crippen LogP contribution in [0.15, 0.2) is 18.2 Å². The third-order valence-electron chi connectivity index (χ3n) is 4.64. The number of hydrogen-bond donors (Lipinski definition) is 1. The van der Waals surface area contributed by atoms with Gasteiger partial charge in [0.1, 0.15) is 0 Å². The van der Waals surface area contributed by atoms with E-state index < -0.39 is 12.1 Å². The monoisotopic (exact) mass is 276 g/mol. The van der Waals surface area contributed by atoms with Gasteiger partial charge in [-0.1, -0.05) is 45.9 Å². The van der Waals surface area contributed by atoms with Gasteiger partial charge in [0.05, 0.1) is 0 Å². The van der Waals surface area contributed by atoms with Gasteiger partial charge in [0, 0.05) is 7.11 Å². The van der Waals surface area contributed by atoms with Crippen molar-refractivity contribution in [2.45, 2.75) is 57.5 Å². The molecule has 2 rings (SSSR count). The quantitative estimate of drug-likeness (QED) is 0.913. The summed E-state index contributed by atoms with van der Waals surface area (Å²) in [5, 5.41) is 9.24. The molecular formula is C17H24O3. The van der Waals surface area contributed by atoms with Crippen molar-refractivity contribution in [2.75, 3.05) is 7.11 Å². The van der Waals surface area contributed by atoms with Crippen molar-refractivity contribution in [1.29, 1.82) is 0 Å². The lowest BCUT2D eigenvalue weighted by molar-refractivity contribution is -0.148. The first-order valence-corrected chi connectivity index (χ1v) is 7.09. The highest BCUT2D eigenvalue weighted by Crippen LogP contribution is 2.46. The number of carbonyl (C=O) groups is 1. The summed E-state index contributed by atoms with van der Waals surface area (Å²) in [6.07, 6.45) is 1.38. The van der Waals surface area contributed by atoms with E-state index >= 15 is 0 Å². The Labute approximate surface area is 121 Å². The van der Waals surface area contributed by atoms with E-state index in [4.69, 9.17) is 4.74 Å². The van der Waals surface area contributed by atoms with E-state index in [0.717, 1.165) is 18.4 Å². The van der Waals surface area contributed by atoms with Crippen LogP contribution in [0, 0.1) is 0 Å². The van der Waals surface area contributed by atoms with E-state index in [1.165, 1.54) is 18.2 Å². The Morgan fingerprint density at radius 2 is 1.70 bits per heavy atom. The number of rotatable bonds is 3. The molecule has 0 saturated carbocycles. The van der Waals surface area contributed by atoms with Crippen molar-refractivity contribution >= 4 is 5.97 Å². The standard InChI is InChI=1S/C17H24O3/c1-16(2)8-9-17(3,4)13-10-11(6-7-12(13)16)14(20-5)15(18)19/h6-7,10,14H,8-9H2,1-5H3,(H,18,19). The number of aliphatic carboxylic acids is 1. The van der Waals surface area contributed by atoms with Gasteiger partial charge in [-0.05, 0) is 40.4 Å². The fraction of sp³-hybridized carbons (Fsp3) is 0.588. The molecule has 0 saturated heterocycles. The zero-order valence-electron chi connectivity index (χ0n) is 13.0. The third kappa shape index (κ3) is 2.47. The molecule has 0 aliphatic heterocycles. The van der Waals surface area contributed by atoms with E-state index in [-0.39, 0.29) is 10.8 Å². The second-order valence-corrected chi connectivity index (χ2v) is 7.03. The molecule has 0 aromatic heterocycles. The average Bonchev–Trinajstić information content (AvgIpc) is 2.36. The molecule has 1 atom stereocenters. The summed E-state index contributed by atoms with van der Waals surface area (Å²) >= 11 is 0. The zero-order chi connectivity index (χ0) is 15.1. The fourth-order valence-electron chi connectivity index (χ4n) is 3.15. The van der Waals surface area contributed by atoms with E-state index in [2.05, 4.69) is 33.8 Å². The molecule has 0 amide bonds. The second kappa shape index (κ2) is 4.88. The smallest absolute Gasteiger partial charge is 0.337 e. The number of carboxylic acids is 1. The van der Waals surface area contributed by atoms with Crippen LogP contribution in [-0.4, -0.2) is 18.2 Å². The number of hydrogen-bond acceptors (Lipinski definition) is 2. The molecule has 1 aromatic carbocycles. The molecule has 1 aliphatic rings. The summed E-state index contributed by atoms with van der Waals surface area (Å²) in [4.78, 5) is 11.3. The van der Waals surface area contributed by atoms with Crippen LogP contribution in [0.5, 0.6) is 0 Å². The molecule has 110 valence electrons. The van der Waals surface area contributed by atoms with Crippen molar-refractivity contribution in [2.24, 2.45) is 0 Å². The molecule has 1 unspecified atom stereocenters. The fourth-order valence-corrected chi connectivity index (χ4v) is 3.15. The van der Waals surface area contributed by atoms with Crippen molar-refractivity contribution in [3.63, 3.8) is 0 Å². The van der Waals surface area contributed by atoms with Crippen LogP contribution in [0.4, 0.5) is 0 Å². The molecular weight excluding hydrogens is 252 g/mol. The minimum Gasteiger partial charge on any atom is -0.479 e. The van der Waals surface area contributed by atoms with Gasteiger partial charge in [-0.3, -0.25) is 0 Å². The maximum Gasteiger partial charge on any atom is 0.337 e. The number of ether oxygens (including phenoxy) is 1. The lowest BCUT2D eigenvalue weighted by Gasteiger charge is -2.42. The van der Waals surface area contributed by atoms with Crippen molar-refractivity contribution in [3.8, 4) is 0 Å². The third-order valence-corrected chi connectivity index (χ3v) is 4.64. The van der Waals surface area contributed by atoms with Crippen LogP contribution >= 0.6 is 0 Å². The van der Waals surface area contributed by atoms with Crippen molar-refractivity contribution in [1.82, 2.24) is 0 Å². The topological polar surface area (TPSA) is 46.5 Å². The maximum atomic E-state index is 11.3. The Hall–Kier alpha value is -1.35. The lowest BCUT2D eigenvalue weighted by atomic mass is 9.63. The molecule has 1 N–H and O–H groups in total. The lowest BCUT2D eigenvalue weighted by Crippen LogP contribution is -2.34. The SMILES string of the molecule is COC(C(=O)O)c1ccc2c(c1)C(C)(C)CCC2(C)C. The molecule has 0 radical (unpaired) electrons. The Morgan fingerprint density at radius 3 is 2.20 bits per heavy atom. The van der Waals surface area contributed by atoms with E-state index in [1.54, 1.807) is 0 Å². The van der Waals surface area contributed by atoms with Gasteiger partial charge in [0.15, 0.2) is 6.10 Å². The molecule has 0 heterocycles. The molecule has 0 spiro atoms. The summed E-state index contributed by atoms with van der Waals surface area (Å²) in [6.45, 7) is 8.97. The predicted molar refractivity (Wildman–Crippen MR) is 79.1 cm³/mol. The van der Waals surface area contributed by atoms with Crippen LogP contribution in [0.2, 0.25) is 0 Å². The Balaban J connectivity index is 2.56. The van der Waals surface area contributed by atoms with Gasteiger partial charge in [0.25, 0.3) is 0 Å². The highest BCUT2D eigenvalue weighted by molar-refractivity contribution is 5.74. The Kier molecular flexibility index (Phi) is 3.67. The first-order valence-electron chi connectivity index (χ1n) is 7.09. The summed E-state index contributed by atoms with van der Waals surface area (Å²) < 4.78 is 5.11. The van der Waals surface area contributed by atoms with Crippen molar-refractivity contribution < 1.29 is 14.6 Å². The zero-order valence-corrected chi connectivity index (χ0v) is 13.0. The summed E-state index contributed by atoms with van der Waals surface area (Å²) in [5.41, 5.74) is 3.55. The normalized spacial score (nSPS) is 21.1. The molecule has 3 heteroatoms. The van der Waals surface area contributed by atoms with E-state index in [9.17, 15) is 9.90 Å². The van der Waals surface area contributed by atoms with Gasteiger partial charge >= 0.3 is 5.97 Å². The summed E-state index contributed by atoms with van der Waals surface area (Å²) in [6, 6.07) is 6.00. The molecule has 3 nitrogen and oxygen atoms in total. The summed E-state index contributed by atoms with van der Waals surface area (Å²) in [7, 11) is 1.44. The molecule has 20 heavy (non-hydrogen) atoms. The second-order valence-electron chi connectivity index (χ2n) is 7.03. The van der Waals surface area contributed by atoms with Gasteiger partial charge < -0.3 is 9.84 Å². The first-order chi connectivity index (χ1) is 9.19. The molecule has 1 aliphatic carbocycles. The van der Waals surface area contributed by atoms with Crippen LogP contribution in [0.1, 0.15) is 63.3 Å². The minimum absolute atomic E-state index is 0.0810. The highest BCUT2D eigenvalue weighted by atomic mass is 16.5. The number of methoxy groups -OCH3 is 1. The largest absolute Gasteiger partial charge is 0.479 e. The number of carboxylic acid groups (broad SMARTS) is 1. The van der Waals surface area contributed by atoms with Gasteiger partial charge in [-0.25, -0.2) is 4.79 Å². The van der Waals surface area contributed by atoms with E-state index in [0.29, 0.717) is 0 Å². The van der Waals surface area contributed by atoms with Crippen LogP contribution in [0.3, 0.4) is 0 Å². The van der Waals surface area contributed by atoms with Crippen molar-refractivity contribution in [3.05, 3.63) is 34.9 Å². The minimum atomic E-state index is -0.944. The summed E-state index contributed by atoms with van der Waals surface area (Å²) in [5.74, 6) is -0.944. The predicted octanol–water partition coefficient (Wildman–Crippen LogP) is 3.81. The van der Waals surface area contributed by atoms with Crippen LogP contribution in [0.25, 0.3) is 0 Å². The highest BCUT2D eigenvalue weighted by Gasteiger charge is 2.37. The van der Waals surface area contributed by atoms with Crippen LogP contribution in [-0.2, 0) is 20.4 Å². The van der Waals surface area contributed by atoms with E-state index in [1.807, 2.05) is 12.1 Å². The van der Waals surface area contributed by atoms with Crippen LogP contribution < -0.4 is 0 Å². The molecule has 0 fully saturated rings. The number of fused-ring (bicyclic) bond motifs is 1. The van der Waals surface area contributed by atoms with Gasteiger partial charge in [-0.15, -0.1) is 0 Å². The average molecular weight is 276 g/mol. The Morgan fingerprint density at radius 1 is 1.15 bits per heavy atom. The molecule has 1 aromatic rings. The first kappa shape index (κ1) is 15.0. The Bertz CT molecular complexity index is 529. The van der Waals surface area contributed by atoms with Gasteiger partial charge in [0.2, 0.25) is 0 Å². The van der Waals surface area contributed by atoms with Gasteiger partial charge in [-0.2, -0.15) is 0 Å². The number of benzene rings is 1. The molecule has 0 bridgehead atoms.